The highest BCUT2D eigenvalue weighted by Crippen LogP contribution is 2.32. The van der Waals surface area contributed by atoms with Crippen LogP contribution in [-0.4, -0.2) is 31.4 Å². The molecule has 1 saturated heterocycles. The quantitative estimate of drug-likeness (QED) is 0.660. The lowest BCUT2D eigenvalue weighted by atomic mass is 9.94. The van der Waals surface area contributed by atoms with Crippen molar-refractivity contribution in [3.8, 4) is 5.75 Å². The van der Waals surface area contributed by atoms with Gasteiger partial charge in [0.2, 0.25) is 0 Å². The maximum absolute atomic E-state index is 6.02. The third kappa shape index (κ3) is 3.60. The standard InChI is InChI=1S/C21H24N4O2/c1-21(13-23-12-19(22)27-21)15-6-4-7-16(10-15)25-18-8-3-5-14-9-17(26-2)11-24-20(14)18/h3-11,19,23,25H,12-13,22H2,1-2H3. The zero-order valence-corrected chi connectivity index (χ0v) is 15.5. The Morgan fingerprint density at radius 2 is 2.11 bits per heavy atom. The number of morpholine rings is 1. The van der Waals surface area contributed by atoms with Crippen LogP contribution in [0.1, 0.15) is 12.5 Å². The van der Waals surface area contributed by atoms with Crippen molar-refractivity contribution in [1.29, 1.82) is 0 Å². The highest BCUT2D eigenvalue weighted by atomic mass is 16.5. The van der Waals surface area contributed by atoms with Crippen molar-refractivity contribution in [3.05, 3.63) is 60.3 Å². The summed E-state index contributed by atoms with van der Waals surface area (Å²) in [4.78, 5) is 4.55. The van der Waals surface area contributed by atoms with E-state index < -0.39 is 5.60 Å². The number of benzene rings is 2. The number of methoxy groups -OCH3 is 1. The Labute approximate surface area is 158 Å². The molecule has 0 aliphatic carbocycles. The van der Waals surface area contributed by atoms with Crippen molar-refractivity contribution >= 4 is 22.3 Å². The first-order chi connectivity index (χ1) is 13.1. The van der Waals surface area contributed by atoms with Crippen LogP contribution in [-0.2, 0) is 10.3 Å². The molecule has 2 heterocycles. The fourth-order valence-electron chi connectivity index (χ4n) is 3.48. The molecular formula is C21H24N4O2. The Hall–Kier alpha value is -2.67. The predicted octanol–water partition coefficient (Wildman–Crippen LogP) is 3.11. The molecule has 2 unspecified atom stereocenters. The highest BCUT2D eigenvalue weighted by Gasteiger charge is 2.33. The second kappa shape index (κ2) is 7.15. The summed E-state index contributed by atoms with van der Waals surface area (Å²) in [6.07, 6.45) is 1.42. The van der Waals surface area contributed by atoms with Crippen LogP contribution >= 0.6 is 0 Å². The van der Waals surface area contributed by atoms with Gasteiger partial charge in [-0.15, -0.1) is 0 Å². The number of ether oxygens (including phenoxy) is 2. The fourth-order valence-corrected chi connectivity index (χ4v) is 3.48. The summed E-state index contributed by atoms with van der Waals surface area (Å²) < 4.78 is 11.3. The lowest BCUT2D eigenvalue weighted by Crippen LogP contribution is -2.53. The molecule has 3 aromatic rings. The summed E-state index contributed by atoms with van der Waals surface area (Å²) in [5.74, 6) is 0.743. The lowest BCUT2D eigenvalue weighted by Gasteiger charge is -2.38. The van der Waals surface area contributed by atoms with Crippen molar-refractivity contribution in [2.75, 3.05) is 25.5 Å². The van der Waals surface area contributed by atoms with E-state index in [0.29, 0.717) is 6.54 Å². The number of rotatable bonds is 4. The number of hydrogen-bond donors (Lipinski definition) is 3. The number of hydrogen-bond acceptors (Lipinski definition) is 6. The lowest BCUT2D eigenvalue weighted by molar-refractivity contribution is -0.107. The molecule has 0 spiro atoms. The third-order valence-electron chi connectivity index (χ3n) is 4.89. The maximum atomic E-state index is 6.02. The van der Waals surface area contributed by atoms with Crippen molar-refractivity contribution < 1.29 is 9.47 Å². The Bertz CT molecular complexity index is 962. The number of nitrogens with two attached hydrogens (primary N) is 1. The zero-order valence-electron chi connectivity index (χ0n) is 15.5. The van der Waals surface area contributed by atoms with Crippen molar-refractivity contribution in [2.24, 2.45) is 5.73 Å². The summed E-state index contributed by atoms with van der Waals surface area (Å²) in [7, 11) is 1.64. The summed E-state index contributed by atoms with van der Waals surface area (Å²) in [6, 6.07) is 16.2. The van der Waals surface area contributed by atoms with Crippen LogP contribution in [0.5, 0.6) is 5.75 Å². The highest BCUT2D eigenvalue weighted by molar-refractivity contribution is 5.92. The fraction of sp³-hybridized carbons (Fsp3) is 0.286. The molecule has 0 amide bonds. The molecule has 0 radical (unpaired) electrons. The molecule has 6 heteroatoms. The largest absolute Gasteiger partial charge is 0.495 e. The number of anilines is 2. The van der Waals surface area contributed by atoms with Crippen molar-refractivity contribution in [2.45, 2.75) is 18.8 Å². The minimum Gasteiger partial charge on any atom is -0.495 e. The Kier molecular flexibility index (Phi) is 4.70. The molecule has 2 atom stereocenters. The predicted molar refractivity (Wildman–Crippen MR) is 107 cm³/mol. The minimum absolute atomic E-state index is 0.308. The van der Waals surface area contributed by atoms with Gasteiger partial charge in [-0.1, -0.05) is 24.3 Å². The van der Waals surface area contributed by atoms with Gasteiger partial charge in [0.25, 0.3) is 0 Å². The molecule has 4 rings (SSSR count). The Morgan fingerprint density at radius 1 is 1.26 bits per heavy atom. The van der Waals surface area contributed by atoms with Gasteiger partial charge in [0, 0.05) is 24.2 Å². The SMILES string of the molecule is COc1cnc2c(Nc3cccc(C4(C)CNCC(N)O4)c3)cccc2c1. The van der Waals surface area contributed by atoms with Gasteiger partial charge in [0.05, 0.1) is 24.5 Å². The first-order valence-corrected chi connectivity index (χ1v) is 9.02. The Balaban J connectivity index is 1.65. The molecule has 0 saturated carbocycles. The molecule has 1 fully saturated rings. The van der Waals surface area contributed by atoms with Gasteiger partial charge in [0.1, 0.15) is 17.6 Å². The van der Waals surface area contributed by atoms with E-state index >= 15 is 0 Å². The van der Waals surface area contributed by atoms with Gasteiger partial charge in [-0.05, 0) is 36.8 Å². The topological polar surface area (TPSA) is 81.4 Å². The molecule has 6 nitrogen and oxygen atoms in total. The van der Waals surface area contributed by atoms with E-state index in [1.165, 1.54) is 0 Å². The van der Waals surface area contributed by atoms with Gasteiger partial charge < -0.3 is 25.8 Å². The van der Waals surface area contributed by atoms with Gasteiger partial charge in [-0.3, -0.25) is 4.98 Å². The van der Waals surface area contributed by atoms with Gasteiger partial charge in [0.15, 0.2) is 0 Å². The molecule has 0 bridgehead atoms. The monoisotopic (exact) mass is 364 g/mol. The molecule has 4 N–H and O–H groups in total. The second-order valence-corrected chi connectivity index (χ2v) is 6.98. The number of para-hydroxylation sites is 1. The van der Waals surface area contributed by atoms with E-state index in [0.717, 1.165) is 40.1 Å². The van der Waals surface area contributed by atoms with Crippen molar-refractivity contribution in [1.82, 2.24) is 10.3 Å². The molecule has 1 aliphatic rings. The van der Waals surface area contributed by atoms with E-state index in [9.17, 15) is 0 Å². The van der Waals surface area contributed by atoms with Crippen LogP contribution in [0.2, 0.25) is 0 Å². The normalized spacial score (nSPS) is 22.6. The number of pyridine rings is 1. The first-order valence-electron chi connectivity index (χ1n) is 9.02. The van der Waals surface area contributed by atoms with Crippen LogP contribution in [0.25, 0.3) is 10.9 Å². The average molecular weight is 364 g/mol. The van der Waals surface area contributed by atoms with Crippen LogP contribution in [0, 0.1) is 0 Å². The van der Waals surface area contributed by atoms with Crippen LogP contribution < -0.4 is 21.1 Å². The first kappa shape index (κ1) is 17.7. The summed E-state index contributed by atoms with van der Waals surface area (Å²) >= 11 is 0. The van der Waals surface area contributed by atoms with E-state index in [2.05, 4.69) is 34.7 Å². The number of nitrogens with zero attached hydrogens (tertiary/aromatic N) is 1. The molecule has 1 aromatic heterocycles. The number of fused-ring (bicyclic) bond motifs is 1. The van der Waals surface area contributed by atoms with E-state index in [1.54, 1.807) is 13.3 Å². The summed E-state index contributed by atoms with van der Waals surface area (Å²) in [5.41, 5.74) is 9.40. The van der Waals surface area contributed by atoms with Crippen LogP contribution in [0.15, 0.2) is 54.7 Å². The Morgan fingerprint density at radius 3 is 2.93 bits per heavy atom. The second-order valence-electron chi connectivity index (χ2n) is 6.98. The third-order valence-corrected chi connectivity index (χ3v) is 4.89. The average Bonchev–Trinajstić information content (AvgIpc) is 2.68. The van der Waals surface area contributed by atoms with Crippen LogP contribution in [0.3, 0.4) is 0 Å². The van der Waals surface area contributed by atoms with E-state index in [-0.39, 0.29) is 6.23 Å². The summed E-state index contributed by atoms with van der Waals surface area (Å²) in [5, 5.41) is 7.84. The molecule has 140 valence electrons. The number of aromatic nitrogens is 1. The summed E-state index contributed by atoms with van der Waals surface area (Å²) in [6.45, 7) is 3.45. The molecule has 27 heavy (non-hydrogen) atoms. The number of nitrogens with one attached hydrogen (secondary N) is 2. The zero-order chi connectivity index (χ0) is 18.9. The van der Waals surface area contributed by atoms with Gasteiger partial charge in [-0.25, -0.2) is 0 Å². The molecular weight excluding hydrogens is 340 g/mol. The molecule has 2 aromatic carbocycles. The smallest absolute Gasteiger partial charge is 0.137 e. The van der Waals surface area contributed by atoms with Crippen molar-refractivity contribution in [3.63, 3.8) is 0 Å². The van der Waals surface area contributed by atoms with E-state index in [1.807, 2.05) is 36.4 Å². The van der Waals surface area contributed by atoms with Crippen LogP contribution in [0.4, 0.5) is 11.4 Å². The van der Waals surface area contributed by atoms with Gasteiger partial charge in [-0.2, -0.15) is 0 Å². The maximum Gasteiger partial charge on any atom is 0.137 e. The molecule has 1 aliphatic heterocycles. The minimum atomic E-state index is -0.459. The van der Waals surface area contributed by atoms with Gasteiger partial charge >= 0.3 is 0 Å². The van der Waals surface area contributed by atoms with E-state index in [4.69, 9.17) is 15.2 Å².